The molecular weight excluding hydrogens is 379 g/mol. The summed E-state index contributed by atoms with van der Waals surface area (Å²) in [6.07, 6.45) is 0. The number of amides is 1. The molecule has 140 valence electrons. The minimum atomic E-state index is -0.634. The molecular formula is C18H20Cl2N2O4. The lowest BCUT2D eigenvalue weighted by Crippen LogP contribution is -2.31. The molecule has 0 saturated heterocycles. The molecule has 1 aromatic heterocycles. The number of aromatic nitrogens is 1. The number of nitrogens with zero attached hydrogens (tertiary/aromatic N) is 1. The molecule has 0 bridgehead atoms. The van der Waals surface area contributed by atoms with E-state index in [1.165, 1.54) is 0 Å². The second-order valence-electron chi connectivity index (χ2n) is 6.20. The maximum absolute atomic E-state index is 12.3. The molecule has 0 aliphatic heterocycles. The number of benzene rings is 1. The maximum Gasteiger partial charge on any atom is 0.344 e. The summed E-state index contributed by atoms with van der Waals surface area (Å²) in [5.74, 6) is -0.652. The van der Waals surface area contributed by atoms with Crippen molar-refractivity contribution >= 4 is 35.1 Å². The smallest absolute Gasteiger partial charge is 0.344 e. The molecule has 6 nitrogen and oxygen atoms in total. The summed E-state index contributed by atoms with van der Waals surface area (Å²) in [5.41, 5.74) is 1.49. The molecule has 1 amide bonds. The molecule has 0 fully saturated rings. The van der Waals surface area contributed by atoms with E-state index >= 15 is 0 Å². The monoisotopic (exact) mass is 398 g/mol. The topological polar surface area (TPSA) is 81.4 Å². The third kappa shape index (κ3) is 4.77. The fourth-order valence-corrected chi connectivity index (χ4v) is 2.69. The summed E-state index contributed by atoms with van der Waals surface area (Å²) in [6.45, 7) is 6.79. The first-order valence-electron chi connectivity index (χ1n) is 8.08. The van der Waals surface area contributed by atoms with E-state index in [2.05, 4.69) is 10.5 Å². The fraction of sp³-hybridized carbons (Fsp3) is 0.389. The summed E-state index contributed by atoms with van der Waals surface area (Å²) in [6, 6.07) is 4.78. The molecule has 1 unspecified atom stereocenters. The first kappa shape index (κ1) is 20.3. The largest absolute Gasteiger partial charge is 0.452 e. The first-order chi connectivity index (χ1) is 12.2. The fourth-order valence-electron chi connectivity index (χ4n) is 2.38. The molecule has 1 aromatic carbocycles. The minimum absolute atomic E-state index is 0.0257. The van der Waals surface area contributed by atoms with Gasteiger partial charge in [-0.1, -0.05) is 48.3 Å². The highest BCUT2D eigenvalue weighted by Gasteiger charge is 2.24. The summed E-state index contributed by atoms with van der Waals surface area (Å²) < 4.78 is 10.3. The van der Waals surface area contributed by atoms with Gasteiger partial charge in [0.25, 0.3) is 5.91 Å². The average molecular weight is 399 g/mol. The van der Waals surface area contributed by atoms with Crippen molar-refractivity contribution in [2.45, 2.75) is 39.7 Å². The molecule has 1 N–H and O–H groups in total. The van der Waals surface area contributed by atoms with Gasteiger partial charge in [0.2, 0.25) is 0 Å². The first-order valence-corrected chi connectivity index (χ1v) is 8.83. The van der Waals surface area contributed by atoms with Crippen LogP contribution >= 0.6 is 23.2 Å². The van der Waals surface area contributed by atoms with E-state index in [9.17, 15) is 9.59 Å². The quantitative estimate of drug-likeness (QED) is 0.726. The second-order valence-corrected chi connectivity index (χ2v) is 7.02. The van der Waals surface area contributed by atoms with Gasteiger partial charge in [-0.25, -0.2) is 4.79 Å². The van der Waals surface area contributed by atoms with Crippen molar-refractivity contribution in [3.8, 4) is 0 Å². The van der Waals surface area contributed by atoms with Crippen LogP contribution in [0, 0.1) is 6.92 Å². The summed E-state index contributed by atoms with van der Waals surface area (Å²) in [7, 11) is 0. The Morgan fingerprint density at radius 3 is 2.54 bits per heavy atom. The summed E-state index contributed by atoms with van der Waals surface area (Å²) in [4.78, 5) is 24.3. The number of carbonyl (C=O) groups excluding carboxylic acids is 2. The normalized spacial score (nSPS) is 12.1. The van der Waals surface area contributed by atoms with Crippen LogP contribution in [0.5, 0.6) is 0 Å². The van der Waals surface area contributed by atoms with Crippen LogP contribution in [0.3, 0.4) is 0 Å². The van der Waals surface area contributed by atoms with E-state index in [4.69, 9.17) is 32.5 Å². The zero-order valence-electron chi connectivity index (χ0n) is 14.9. The van der Waals surface area contributed by atoms with E-state index in [0.717, 1.165) is 5.56 Å². The van der Waals surface area contributed by atoms with Crippen molar-refractivity contribution in [1.29, 1.82) is 0 Å². The van der Waals surface area contributed by atoms with Crippen LogP contribution in [0.4, 0.5) is 0 Å². The van der Waals surface area contributed by atoms with Crippen LogP contribution in [0.15, 0.2) is 22.7 Å². The minimum Gasteiger partial charge on any atom is -0.452 e. The molecule has 0 spiro atoms. The highest BCUT2D eigenvalue weighted by molar-refractivity contribution is 6.42. The van der Waals surface area contributed by atoms with Gasteiger partial charge >= 0.3 is 5.97 Å². The number of nitrogens with one attached hydrogen (secondary N) is 1. The van der Waals surface area contributed by atoms with Gasteiger partial charge in [-0.2, -0.15) is 0 Å². The zero-order valence-corrected chi connectivity index (χ0v) is 16.4. The Hall–Kier alpha value is -2.05. The van der Waals surface area contributed by atoms with E-state index in [1.807, 2.05) is 13.8 Å². The number of carbonyl (C=O) groups is 2. The van der Waals surface area contributed by atoms with Crippen LogP contribution < -0.4 is 5.32 Å². The van der Waals surface area contributed by atoms with Gasteiger partial charge in [0.1, 0.15) is 5.56 Å². The molecule has 2 rings (SSSR count). The Bertz CT molecular complexity index is 818. The van der Waals surface area contributed by atoms with Crippen molar-refractivity contribution in [3.63, 3.8) is 0 Å². The Kier molecular flexibility index (Phi) is 6.67. The summed E-state index contributed by atoms with van der Waals surface area (Å²) >= 11 is 11.9. The predicted molar refractivity (Wildman–Crippen MR) is 98.6 cm³/mol. The number of hydrogen-bond donors (Lipinski definition) is 1. The average Bonchev–Trinajstić information content (AvgIpc) is 2.97. The number of esters is 1. The van der Waals surface area contributed by atoms with Crippen molar-refractivity contribution in [3.05, 3.63) is 50.8 Å². The highest BCUT2D eigenvalue weighted by Crippen LogP contribution is 2.25. The SMILES string of the molecule is Cc1noc(C(C)C)c1C(=O)OCC(=O)NC(C)c1ccc(Cl)c(Cl)c1. The molecule has 0 aliphatic rings. The van der Waals surface area contributed by atoms with Gasteiger partial charge < -0.3 is 14.6 Å². The lowest BCUT2D eigenvalue weighted by molar-refractivity contribution is -0.124. The van der Waals surface area contributed by atoms with E-state index in [1.54, 1.807) is 32.0 Å². The van der Waals surface area contributed by atoms with Gasteiger partial charge in [-0.05, 0) is 31.5 Å². The Balaban J connectivity index is 1.95. The lowest BCUT2D eigenvalue weighted by atomic mass is 10.1. The van der Waals surface area contributed by atoms with E-state index in [-0.39, 0.29) is 17.5 Å². The molecule has 2 aromatic rings. The van der Waals surface area contributed by atoms with Gasteiger partial charge in [0, 0.05) is 5.92 Å². The molecule has 8 heteroatoms. The number of ether oxygens (including phenoxy) is 1. The van der Waals surface area contributed by atoms with Crippen molar-refractivity contribution < 1.29 is 18.8 Å². The van der Waals surface area contributed by atoms with Crippen LogP contribution in [-0.4, -0.2) is 23.6 Å². The number of hydrogen-bond acceptors (Lipinski definition) is 5. The Morgan fingerprint density at radius 2 is 1.92 bits per heavy atom. The van der Waals surface area contributed by atoms with E-state index < -0.39 is 18.5 Å². The molecule has 1 heterocycles. The Morgan fingerprint density at radius 1 is 1.23 bits per heavy atom. The van der Waals surface area contributed by atoms with Crippen molar-refractivity contribution in [2.24, 2.45) is 0 Å². The standard InChI is InChI=1S/C18H20Cl2N2O4/c1-9(2)17-16(11(4)22-26-17)18(24)25-8-15(23)21-10(3)12-5-6-13(19)14(20)7-12/h5-7,9-10H,8H2,1-4H3,(H,21,23). The predicted octanol–water partition coefficient (Wildman–Crippen LogP) is 4.45. The zero-order chi connectivity index (χ0) is 19.4. The van der Waals surface area contributed by atoms with Crippen LogP contribution in [0.1, 0.15) is 60.1 Å². The molecule has 26 heavy (non-hydrogen) atoms. The van der Waals surface area contributed by atoms with E-state index in [0.29, 0.717) is 21.5 Å². The van der Waals surface area contributed by atoms with Gasteiger partial charge in [-0.15, -0.1) is 0 Å². The molecule has 0 radical (unpaired) electrons. The van der Waals surface area contributed by atoms with Gasteiger partial charge in [0.05, 0.1) is 21.8 Å². The second kappa shape index (κ2) is 8.56. The molecule has 0 aliphatic carbocycles. The number of halogens is 2. The number of rotatable bonds is 6. The van der Waals surface area contributed by atoms with Crippen LogP contribution in [0.25, 0.3) is 0 Å². The van der Waals surface area contributed by atoms with Crippen LogP contribution in [-0.2, 0) is 9.53 Å². The maximum atomic E-state index is 12.3. The third-order valence-electron chi connectivity index (χ3n) is 3.77. The lowest BCUT2D eigenvalue weighted by Gasteiger charge is -2.15. The van der Waals surface area contributed by atoms with Crippen molar-refractivity contribution in [2.75, 3.05) is 6.61 Å². The molecule has 0 saturated carbocycles. The van der Waals surface area contributed by atoms with Crippen LogP contribution in [0.2, 0.25) is 10.0 Å². The Labute approximate surface area is 161 Å². The van der Waals surface area contributed by atoms with Gasteiger partial charge in [0.15, 0.2) is 12.4 Å². The van der Waals surface area contributed by atoms with Gasteiger partial charge in [-0.3, -0.25) is 4.79 Å². The number of aryl methyl sites for hydroxylation is 1. The molecule has 1 atom stereocenters. The third-order valence-corrected chi connectivity index (χ3v) is 4.51. The van der Waals surface area contributed by atoms with Crippen molar-refractivity contribution in [1.82, 2.24) is 10.5 Å². The highest BCUT2D eigenvalue weighted by atomic mass is 35.5. The summed E-state index contributed by atoms with van der Waals surface area (Å²) in [5, 5.41) is 7.37.